The molecule has 0 saturated carbocycles. The molecule has 0 aliphatic carbocycles. The number of nitrogens with zero attached hydrogens (tertiary/aromatic N) is 2. The number of fused-ring (bicyclic) bond motifs is 1. The molecule has 1 aromatic carbocycles. The van der Waals surface area contributed by atoms with Crippen LogP contribution in [0.25, 0.3) is 15.8 Å². The number of hydrogen-bond donors (Lipinski definition) is 1. The van der Waals surface area contributed by atoms with E-state index >= 15 is 0 Å². The monoisotopic (exact) mass is 299 g/mol. The minimum atomic E-state index is -0.0955. The summed E-state index contributed by atoms with van der Waals surface area (Å²) in [5, 5.41) is 3.38. The maximum absolute atomic E-state index is 11.1. The lowest BCUT2D eigenvalue weighted by atomic mass is 10.1. The number of thiazole rings is 1. The fourth-order valence-electron chi connectivity index (χ4n) is 2.32. The lowest BCUT2D eigenvalue weighted by Crippen LogP contribution is -2.04. The fourth-order valence-corrected chi connectivity index (χ4v) is 3.27. The van der Waals surface area contributed by atoms with E-state index in [-0.39, 0.29) is 5.91 Å². The smallest absolute Gasteiger partial charge is 0.223 e. The molecule has 108 valence electrons. The number of benzene rings is 1. The van der Waals surface area contributed by atoms with Crippen molar-refractivity contribution in [3.05, 3.63) is 29.8 Å². The molecule has 0 bridgehead atoms. The van der Waals surface area contributed by atoms with Gasteiger partial charge >= 0.3 is 0 Å². The lowest BCUT2D eigenvalue weighted by molar-refractivity contribution is -0.114. The summed E-state index contributed by atoms with van der Waals surface area (Å²) in [6.45, 7) is 3.63. The molecule has 3 rings (SSSR count). The molecule has 0 radical (unpaired) electrons. The van der Waals surface area contributed by atoms with Crippen molar-refractivity contribution >= 4 is 44.4 Å². The molecule has 0 spiro atoms. The van der Waals surface area contributed by atoms with Gasteiger partial charge in [-0.05, 0) is 43.0 Å². The molecule has 4 nitrogen and oxygen atoms in total. The summed E-state index contributed by atoms with van der Waals surface area (Å²) in [6, 6.07) is 6.56. The third-order valence-corrected chi connectivity index (χ3v) is 4.36. The molecule has 1 aliphatic heterocycles. The third-order valence-electron chi connectivity index (χ3n) is 3.42. The minimum absolute atomic E-state index is 0.0955. The first-order chi connectivity index (χ1) is 10.1. The molecule has 1 amide bonds. The summed E-state index contributed by atoms with van der Waals surface area (Å²) >= 11 is 1.49. The Bertz CT molecular complexity index is 745. The van der Waals surface area contributed by atoms with Gasteiger partial charge in [0.25, 0.3) is 0 Å². The first-order valence-electron chi connectivity index (χ1n) is 7.04. The number of amides is 1. The first-order valence-corrected chi connectivity index (χ1v) is 7.85. The van der Waals surface area contributed by atoms with Crippen molar-refractivity contribution < 1.29 is 4.79 Å². The molecule has 21 heavy (non-hydrogen) atoms. The summed E-state index contributed by atoms with van der Waals surface area (Å²) in [5.74, 6) is -0.0955. The van der Waals surface area contributed by atoms with E-state index in [1.54, 1.807) is 0 Å². The van der Waals surface area contributed by atoms with Crippen LogP contribution in [0.2, 0.25) is 0 Å². The van der Waals surface area contributed by atoms with Gasteiger partial charge in [0.1, 0.15) is 0 Å². The van der Waals surface area contributed by atoms with E-state index in [1.807, 2.05) is 12.3 Å². The normalized spacial score (nSPS) is 18.4. The van der Waals surface area contributed by atoms with E-state index in [0.717, 1.165) is 34.2 Å². The van der Waals surface area contributed by atoms with Gasteiger partial charge in [-0.3, -0.25) is 9.79 Å². The molecule has 1 atom stereocenters. The van der Waals surface area contributed by atoms with Crippen molar-refractivity contribution in [2.75, 3.05) is 5.32 Å². The minimum Gasteiger partial charge on any atom is -0.302 e. The molecule has 0 fully saturated rings. The summed E-state index contributed by atoms with van der Waals surface area (Å²) < 4.78 is 1.07. The van der Waals surface area contributed by atoms with Crippen molar-refractivity contribution in [3.63, 3.8) is 0 Å². The van der Waals surface area contributed by atoms with Gasteiger partial charge < -0.3 is 5.32 Å². The van der Waals surface area contributed by atoms with Crippen molar-refractivity contribution in [2.45, 2.75) is 32.7 Å². The molecule has 5 heteroatoms. The van der Waals surface area contributed by atoms with E-state index in [2.05, 4.69) is 40.4 Å². The summed E-state index contributed by atoms with van der Waals surface area (Å²) in [7, 11) is 0. The predicted octanol–water partition coefficient (Wildman–Crippen LogP) is 3.89. The van der Waals surface area contributed by atoms with Crippen LogP contribution in [-0.2, 0) is 4.79 Å². The van der Waals surface area contributed by atoms with Crippen LogP contribution in [0.5, 0.6) is 0 Å². The zero-order chi connectivity index (χ0) is 14.8. The molecule has 1 N–H and O–H groups in total. The summed E-state index contributed by atoms with van der Waals surface area (Å²) in [6.07, 6.45) is 6.35. The molecule has 1 unspecified atom stereocenters. The van der Waals surface area contributed by atoms with E-state index in [4.69, 9.17) is 0 Å². The van der Waals surface area contributed by atoms with Gasteiger partial charge in [-0.1, -0.05) is 23.5 Å². The molecule has 0 saturated heterocycles. The molecule has 2 heterocycles. The number of carbonyl (C=O) groups is 1. The Morgan fingerprint density at radius 1 is 1.43 bits per heavy atom. The Kier molecular flexibility index (Phi) is 3.84. The van der Waals surface area contributed by atoms with Gasteiger partial charge in [0, 0.05) is 19.2 Å². The number of allylic oxidation sites excluding steroid dienone is 2. The highest BCUT2D eigenvalue weighted by atomic mass is 32.1. The topological polar surface area (TPSA) is 54.4 Å². The second-order valence-corrected chi connectivity index (χ2v) is 6.28. The average Bonchev–Trinajstić information content (AvgIpc) is 2.69. The van der Waals surface area contributed by atoms with Crippen LogP contribution in [0.4, 0.5) is 5.13 Å². The van der Waals surface area contributed by atoms with E-state index in [9.17, 15) is 4.79 Å². The fraction of sp³-hybridized carbons (Fsp3) is 0.312. The van der Waals surface area contributed by atoms with Gasteiger partial charge in [0.05, 0.1) is 10.2 Å². The zero-order valence-electron chi connectivity index (χ0n) is 12.1. The Hall–Kier alpha value is -2.01. The van der Waals surface area contributed by atoms with Gasteiger partial charge in [0.15, 0.2) is 5.13 Å². The Morgan fingerprint density at radius 3 is 3.10 bits per heavy atom. The Morgan fingerprint density at radius 2 is 2.29 bits per heavy atom. The maximum Gasteiger partial charge on any atom is 0.223 e. The third kappa shape index (κ3) is 3.19. The SMILES string of the molecule is CC(=O)Nc1nc2ccc(C3=CCCC(C)N=C3)cc2s1. The van der Waals surface area contributed by atoms with Gasteiger partial charge in [-0.15, -0.1) is 0 Å². The van der Waals surface area contributed by atoms with Crippen LogP contribution in [0.15, 0.2) is 29.3 Å². The van der Waals surface area contributed by atoms with Crippen LogP contribution in [0, 0.1) is 0 Å². The molecule has 1 aliphatic rings. The largest absolute Gasteiger partial charge is 0.302 e. The Labute approximate surface area is 127 Å². The number of rotatable bonds is 2. The highest BCUT2D eigenvalue weighted by molar-refractivity contribution is 7.22. The number of nitrogens with one attached hydrogen (secondary N) is 1. The number of aromatic nitrogens is 1. The molecular weight excluding hydrogens is 282 g/mol. The maximum atomic E-state index is 11.1. The summed E-state index contributed by atoms with van der Waals surface area (Å²) in [4.78, 5) is 20.0. The number of anilines is 1. The molecule has 2 aromatic rings. The average molecular weight is 299 g/mol. The van der Waals surface area contributed by atoms with Gasteiger partial charge in [-0.25, -0.2) is 4.98 Å². The second kappa shape index (κ2) is 5.77. The number of aliphatic imine (C=N–C) groups is 1. The van der Waals surface area contributed by atoms with Crippen LogP contribution in [-0.4, -0.2) is 23.1 Å². The quantitative estimate of drug-likeness (QED) is 0.914. The highest BCUT2D eigenvalue weighted by Crippen LogP contribution is 2.29. The number of hydrogen-bond acceptors (Lipinski definition) is 4. The zero-order valence-corrected chi connectivity index (χ0v) is 12.9. The van der Waals surface area contributed by atoms with Crippen LogP contribution >= 0.6 is 11.3 Å². The Balaban J connectivity index is 1.95. The van der Waals surface area contributed by atoms with Gasteiger partial charge in [-0.2, -0.15) is 0 Å². The number of carbonyl (C=O) groups excluding carboxylic acids is 1. The molecule has 1 aromatic heterocycles. The van der Waals surface area contributed by atoms with Crippen molar-refractivity contribution in [3.8, 4) is 0 Å². The first kappa shape index (κ1) is 13.9. The van der Waals surface area contributed by atoms with Crippen LogP contribution in [0.3, 0.4) is 0 Å². The van der Waals surface area contributed by atoms with Crippen molar-refractivity contribution in [1.29, 1.82) is 0 Å². The van der Waals surface area contributed by atoms with E-state index in [0.29, 0.717) is 11.2 Å². The van der Waals surface area contributed by atoms with Crippen LogP contribution < -0.4 is 5.32 Å². The van der Waals surface area contributed by atoms with Crippen LogP contribution in [0.1, 0.15) is 32.3 Å². The van der Waals surface area contributed by atoms with Crippen molar-refractivity contribution in [1.82, 2.24) is 4.98 Å². The van der Waals surface area contributed by atoms with E-state index in [1.165, 1.54) is 18.3 Å². The summed E-state index contributed by atoms with van der Waals surface area (Å²) in [5.41, 5.74) is 3.22. The van der Waals surface area contributed by atoms with E-state index < -0.39 is 0 Å². The second-order valence-electron chi connectivity index (χ2n) is 5.25. The molecular formula is C16H17N3OS. The lowest BCUT2D eigenvalue weighted by Gasteiger charge is -2.01. The van der Waals surface area contributed by atoms with Gasteiger partial charge in [0.2, 0.25) is 5.91 Å². The highest BCUT2D eigenvalue weighted by Gasteiger charge is 2.09. The predicted molar refractivity (Wildman–Crippen MR) is 89.1 cm³/mol. The van der Waals surface area contributed by atoms with Crippen molar-refractivity contribution in [2.24, 2.45) is 4.99 Å². The standard InChI is InChI=1S/C16H17N3OS/c1-10-4-3-5-13(9-17-10)12-6-7-14-15(8-12)21-16(19-14)18-11(2)20/h5-10H,3-4H2,1-2H3,(H,18,19,20).